The highest BCUT2D eigenvalue weighted by Gasteiger charge is 2.14. The number of esters is 1. The highest BCUT2D eigenvalue weighted by Crippen LogP contribution is 2.33. The van der Waals surface area contributed by atoms with Crippen molar-refractivity contribution in [2.24, 2.45) is 7.05 Å². The molecule has 0 bridgehead atoms. The predicted molar refractivity (Wildman–Crippen MR) is 120 cm³/mol. The van der Waals surface area contributed by atoms with Crippen LogP contribution in [0.15, 0.2) is 61.3 Å². The Bertz CT molecular complexity index is 1480. The van der Waals surface area contributed by atoms with Crippen molar-refractivity contribution >= 4 is 45.6 Å². The Morgan fingerprint density at radius 3 is 2.84 bits per heavy atom. The molecule has 0 aliphatic carbocycles. The second-order valence-corrected chi connectivity index (χ2v) is 7.41. The number of nitrogens with zero attached hydrogens (tertiary/aromatic N) is 5. The van der Waals surface area contributed by atoms with Gasteiger partial charge in [-0.1, -0.05) is 11.6 Å². The van der Waals surface area contributed by atoms with E-state index < -0.39 is 5.97 Å². The first kappa shape index (κ1) is 19.8. The van der Waals surface area contributed by atoms with Gasteiger partial charge in [-0.2, -0.15) is 5.10 Å². The molecule has 0 atom stereocenters. The number of aryl methyl sites for hydroxylation is 1. The molecule has 4 heterocycles. The van der Waals surface area contributed by atoms with E-state index >= 15 is 0 Å². The summed E-state index contributed by atoms with van der Waals surface area (Å²) in [6.45, 7) is 0. The summed E-state index contributed by atoms with van der Waals surface area (Å²) in [5, 5.41) is 7.88. The van der Waals surface area contributed by atoms with Crippen LogP contribution in [0.1, 0.15) is 10.4 Å². The van der Waals surface area contributed by atoms with E-state index in [1.807, 2.05) is 29.9 Å². The Morgan fingerprint density at radius 1 is 1.16 bits per heavy atom. The number of ether oxygens (including phenoxy) is 2. The molecule has 1 N–H and O–H groups in total. The summed E-state index contributed by atoms with van der Waals surface area (Å²) in [5.41, 5.74) is 3.49. The summed E-state index contributed by atoms with van der Waals surface area (Å²) in [4.78, 5) is 20.4. The average molecular weight is 449 g/mol. The van der Waals surface area contributed by atoms with E-state index in [-0.39, 0.29) is 0 Å². The summed E-state index contributed by atoms with van der Waals surface area (Å²) in [6.07, 6.45) is 6.56. The van der Waals surface area contributed by atoms with E-state index in [4.69, 9.17) is 21.1 Å². The van der Waals surface area contributed by atoms with Crippen molar-refractivity contribution in [3.05, 3.63) is 71.9 Å². The topological polar surface area (TPSA) is 95.6 Å². The van der Waals surface area contributed by atoms with Gasteiger partial charge in [-0.25, -0.2) is 19.3 Å². The summed E-state index contributed by atoms with van der Waals surface area (Å²) in [6, 6.07) is 10.8. The Kier molecular flexibility index (Phi) is 4.87. The monoisotopic (exact) mass is 448 g/mol. The zero-order chi connectivity index (χ0) is 22.2. The molecule has 32 heavy (non-hydrogen) atoms. The number of rotatable bonds is 5. The fraction of sp³-hybridized carbons (Fsp3) is 0.0909. The van der Waals surface area contributed by atoms with Gasteiger partial charge in [-0.3, -0.25) is 0 Å². The number of halogens is 1. The summed E-state index contributed by atoms with van der Waals surface area (Å²) >= 11 is 6.47. The molecule has 0 aliphatic heterocycles. The number of pyridine rings is 1. The van der Waals surface area contributed by atoms with Crippen molar-refractivity contribution in [2.45, 2.75) is 0 Å². The van der Waals surface area contributed by atoms with Gasteiger partial charge in [-0.05, 0) is 36.4 Å². The quantitative estimate of drug-likeness (QED) is 0.393. The number of carbonyl (C=O) groups excluding carboxylic acids is 1. The lowest BCUT2D eigenvalue weighted by Crippen LogP contribution is -2.00. The Morgan fingerprint density at radius 2 is 2.03 bits per heavy atom. The lowest BCUT2D eigenvalue weighted by molar-refractivity contribution is 0.0603. The van der Waals surface area contributed by atoms with Gasteiger partial charge in [0.25, 0.3) is 0 Å². The van der Waals surface area contributed by atoms with Gasteiger partial charge in [-0.15, -0.1) is 0 Å². The number of methoxy groups -OCH3 is 1. The number of carbonyl (C=O) groups is 1. The Balaban J connectivity index is 1.39. The van der Waals surface area contributed by atoms with Gasteiger partial charge in [0, 0.05) is 18.9 Å². The summed E-state index contributed by atoms with van der Waals surface area (Å²) in [5.74, 6) is 1.22. The highest BCUT2D eigenvalue weighted by atomic mass is 35.5. The number of hydrogen-bond acceptors (Lipinski definition) is 7. The third-order valence-corrected chi connectivity index (χ3v) is 5.27. The lowest BCUT2D eigenvalue weighted by Gasteiger charge is -2.11. The molecule has 4 aromatic heterocycles. The van der Waals surface area contributed by atoms with Crippen molar-refractivity contribution in [3.8, 4) is 11.5 Å². The van der Waals surface area contributed by atoms with Crippen molar-refractivity contribution in [1.29, 1.82) is 0 Å². The molecular formula is C22H17ClN6O3. The van der Waals surface area contributed by atoms with E-state index in [9.17, 15) is 4.79 Å². The molecule has 0 unspecified atom stereocenters. The van der Waals surface area contributed by atoms with Crippen molar-refractivity contribution < 1.29 is 14.3 Å². The van der Waals surface area contributed by atoms with Crippen LogP contribution in [0.25, 0.3) is 16.6 Å². The molecule has 0 amide bonds. The Labute approximate surface area is 187 Å². The van der Waals surface area contributed by atoms with Gasteiger partial charge in [0.2, 0.25) is 0 Å². The minimum atomic E-state index is -0.448. The minimum Gasteiger partial charge on any atom is -0.465 e. The minimum absolute atomic E-state index is 0.379. The predicted octanol–water partition coefficient (Wildman–Crippen LogP) is 4.59. The summed E-state index contributed by atoms with van der Waals surface area (Å²) in [7, 11) is 3.27. The second kappa shape index (κ2) is 7.86. The van der Waals surface area contributed by atoms with Gasteiger partial charge in [0.05, 0.1) is 35.6 Å². The number of nitrogens with one attached hydrogen (secondary N) is 1. The molecule has 9 nitrogen and oxygen atoms in total. The summed E-state index contributed by atoms with van der Waals surface area (Å²) < 4.78 is 14.2. The van der Waals surface area contributed by atoms with E-state index in [1.54, 1.807) is 35.0 Å². The molecule has 0 saturated carbocycles. The van der Waals surface area contributed by atoms with Gasteiger partial charge < -0.3 is 19.4 Å². The van der Waals surface area contributed by atoms with Crippen LogP contribution < -0.4 is 10.1 Å². The van der Waals surface area contributed by atoms with E-state index in [0.717, 1.165) is 16.7 Å². The Hall–Kier alpha value is -4.11. The maximum atomic E-state index is 11.8. The second-order valence-electron chi connectivity index (χ2n) is 7.00. The van der Waals surface area contributed by atoms with Gasteiger partial charge in [0.15, 0.2) is 5.82 Å². The molecule has 0 aliphatic rings. The zero-order valence-electron chi connectivity index (χ0n) is 17.1. The number of anilines is 2. The number of fused-ring (bicyclic) bond motifs is 2. The number of aromatic nitrogens is 5. The van der Waals surface area contributed by atoms with Gasteiger partial charge >= 0.3 is 5.97 Å². The van der Waals surface area contributed by atoms with E-state index in [0.29, 0.717) is 33.4 Å². The normalized spacial score (nSPS) is 11.1. The molecule has 160 valence electrons. The molecule has 0 fully saturated rings. The van der Waals surface area contributed by atoms with Crippen molar-refractivity contribution in [2.75, 3.05) is 12.4 Å². The maximum Gasteiger partial charge on any atom is 0.341 e. The molecule has 0 saturated heterocycles. The zero-order valence-corrected chi connectivity index (χ0v) is 17.9. The average Bonchev–Trinajstić information content (AvgIpc) is 3.39. The molecular weight excluding hydrogens is 432 g/mol. The van der Waals surface area contributed by atoms with E-state index in [1.165, 1.54) is 19.6 Å². The number of benzene rings is 1. The van der Waals surface area contributed by atoms with Gasteiger partial charge in [0.1, 0.15) is 28.9 Å². The smallest absolute Gasteiger partial charge is 0.341 e. The third-order valence-electron chi connectivity index (χ3n) is 4.98. The fourth-order valence-corrected chi connectivity index (χ4v) is 3.65. The van der Waals surface area contributed by atoms with E-state index in [2.05, 4.69) is 20.4 Å². The third kappa shape index (κ3) is 3.48. The van der Waals surface area contributed by atoms with Crippen LogP contribution in [0, 0.1) is 0 Å². The first-order valence-corrected chi connectivity index (χ1v) is 9.97. The van der Waals surface area contributed by atoms with Crippen LogP contribution in [-0.2, 0) is 11.8 Å². The van der Waals surface area contributed by atoms with Crippen LogP contribution in [0.5, 0.6) is 11.5 Å². The first-order chi connectivity index (χ1) is 15.5. The van der Waals surface area contributed by atoms with Crippen molar-refractivity contribution in [3.63, 3.8) is 0 Å². The fourth-order valence-electron chi connectivity index (χ4n) is 3.43. The maximum absolute atomic E-state index is 11.8. The standard InChI is InChI=1S/C22H17ClN6O3/c1-28-8-7-17-20(28)21(25-12-24-17)27-13-3-6-19(16(23)9-13)32-14-4-5-18-15(22(30)31-2)10-26-29(18)11-14/h3-12H,1-2H3,(H,24,25,27). The molecule has 1 aromatic carbocycles. The van der Waals surface area contributed by atoms with Crippen LogP contribution in [0.2, 0.25) is 5.02 Å². The molecule has 0 spiro atoms. The molecule has 10 heteroatoms. The lowest BCUT2D eigenvalue weighted by atomic mass is 10.2. The highest BCUT2D eigenvalue weighted by molar-refractivity contribution is 6.32. The first-order valence-electron chi connectivity index (χ1n) is 9.59. The molecule has 5 aromatic rings. The molecule has 5 rings (SSSR count). The van der Waals surface area contributed by atoms with Crippen molar-refractivity contribution in [1.82, 2.24) is 24.1 Å². The number of hydrogen-bond donors (Lipinski definition) is 1. The SMILES string of the molecule is COC(=O)c1cnn2cc(Oc3ccc(Nc4ncnc5ccn(C)c45)cc3Cl)ccc12. The van der Waals surface area contributed by atoms with Crippen LogP contribution in [0.3, 0.4) is 0 Å². The molecule has 0 radical (unpaired) electrons. The largest absolute Gasteiger partial charge is 0.465 e. The van der Waals surface area contributed by atoms with Crippen LogP contribution in [0.4, 0.5) is 11.5 Å². The van der Waals surface area contributed by atoms with Crippen LogP contribution >= 0.6 is 11.6 Å². The van der Waals surface area contributed by atoms with Crippen LogP contribution in [-0.4, -0.2) is 37.2 Å².